The van der Waals surface area contributed by atoms with Crippen LogP contribution in [0.25, 0.3) is 0 Å². The van der Waals surface area contributed by atoms with Crippen molar-refractivity contribution in [2.45, 2.75) is 6.61 Å². The number of carbonyl (C=O) groups excluding carboxylic acids is 1. The standard InChI is InChI=1S/C9H12N4O3/c1-10-8-7(4-3-5-11-8)6-16-9(14)13(2)12-15/h3-5H,6H2,1-2H3,(H,10,11). The van der Waals surface area contributed by atoms with Gasteiger partial charge in [-0.05, 0) is 6.07 Å². The van der Waals surface area contributed by atoms with Gasteiger partial charge < -0.3 is 10.1 Å². The molecule has 16 heavy (non-hydrogen) atoms. The third-order valence-corrected chi connectivity index (χ3v) is 1.87. The molecular formula is C9H12N4O3. The second-order valence-electron chi connectivity index (χ2n) is 2.92. The van der Waals surface area contributed by atoms with Crippen molar-refractivity contribution < 1.29 is 9.53 Å². The third-order valence-electron chi connectivity index (χ3n) is 1.87. The van der Waals surface area contributed by atoms with Crippen molar-refractivity contribution in [2.24, 2.45) is 5.29 Å². The van der Waals surface area contributed by atoms with Crippen LogP contribution in [0.15, 0.2) is 23.6 Å². The molecule has 0 saturated carbocycles. The SMILES string of the molecule is CNc1ncccc1COC(=O)N(C)N=O. The fourth-order valence-electron chi connectivity index (χ4n) is 1.05. The molecule has 1 aromatic rings. The normalized spacial score (nSPS) is 9.38. The number of hydrogen-bond donors (Lipinski definition) is 1. The van der Waals surface area contributed by atoms with Gasteiger partial charge in [0.2, 0.25) is 0 Å². The fourth-order valence-corrected chi connectivity index (χ4v) is 1.05. The lowest BCUT2D eigenvalue weighted by molar-refractivity contribution is 0.105. The van der Waals surface area contributed by atoms with Crippen LogP contribution in [0.5, 0.6) is 0 Å². The highest BCUT2D eigenvalue weighted by molar-refractivity contribution is 5.66. The number of nitrogens with one attached hydrogen (secondary N) is 1. The molecule has 0 spiro atoms. The molecule has 86 valence electrons. The van der Waals surface area contributed by atoms with Crippen molar-refractivity contribution in [2.75, 3.05) is 19.4 Å². The van der Waals surface area contributed by atoms with Gasteiger partial charge in [0.05, 0.1) is 5.29 Å². The Morgan fingerprint density at radius 3 is 3.06 bits per heavy atom. The van der Waals surface area contributed by atoms with E-state index in [1.807, 2.05) is 0 Å². The highest BCUT2D eigenvalue weighted by Crippen LogP contribution is 2.12. The van der Waals surface area contributed by atoms with E-state index in [1.54, 1.807) is 25.4 Å². The zero-order chi connectivity index (χ0) is 12.0. The predicted molar refractivity (Wildman–Crippen MR) is 57.5 cm³/mol. The second-order valence-corrected chi connectivity index (χ2v) is 2.92. The van der Waals surface area contributed by atoms with Crippen molar-refractivity contribution in [3.05, 3.63) is 28.8 Å². The molecule has 1 N–H and O–H groups in total. The van der Waals surface area contributed by atoms with Crippen LogP contribution in [0.3, 0.4) is 0 Å². The van der Waals surface area contributed by atoms with Crippen molar-refractivity contribution in [1.29, 1.82) is 0 Å². The topological polar surface area (TPSA) is 83.9 Å². The van der Waals surface area contributed by atoms with Crippen LogP contribution in [-0.4, -0.2) is 30.2 Å². The van der Waals surface area contributed by atoms with E-state index >= 15 is 0 Å². The zero-order valence-electron chi connectivity index (χ0n) is 9.01. The van der Waals surface area contributed by atoms with Gasteiger partial charge >= 0.3 is 6.09 Å². The van der Waals surface area contributed by atoms with Gasteiger partial charge in [-0.2, -0.15) is 5.01 Å². The van der Waals surface area contributed by atoms with Crippen LogP contribution in [0.4, 0.5) is 10.6 Å². The zero-order valence-corrected chi connectivity index (χ0v) is 9.01. The number of nitroso groups, excluding NO2 is 1. The Morgan fingerprint density at radius 2 is 2.44 bits per heavy atom. The van der Waals surface area contributed by atoms with Gasteiger partial charge in [-0.3, -0.25) is 0 Å². The quantitative estimate of drug-likeness (QED) is 0.616. The number of pyridine rings is 1. The Kier molecular flexibility index (Phi) is 4.19. The maximum atomic E-state index is 11.1. The summed E-state index contributed by atoms with van der Waals surface area (Å²) >= 11 is 0. The molecular weight excluding hydrogens is 212 g/mol. The molecule has 7 nitrogen and oxygen atoms in total. The number of carbonyl (C=O) groups is 1. The van der Waals surface area contributed by atoms with E-state index in [9.17, 15) is 9.70 Å². The molecule has 0 aliphatic carbocycles. The van der Waals surface area contributed by atoms with Crippen LogP contribution in [0, 0.1) is 4.91 Å². The maximum Gasteiger partial charge on any atom is 0.433 e. The average Bonchev–Trinajstić information content (AvgIpc) is 2.35. The minimum absolute atomic E-state index is 0.0305. The summed E-state index contributed by atoms with van der Waals surface area (Å²) < 4.78 is 4.84. The van der Waals surface area contributed by atoms with E-state index in [0.29, 0.717) is 10.8 Å². The van der Waals surface area contributed by atoms with Crippen molar-refractivity contribution in [3.8, 4) is 0 Å². The lowest BCUT2D eigenvalue weighted by Gasteiger charge is -2.10. The number of aromatic nitrogens is 1. The first-order valence-corrected chi connectivity index (χ1v) is 4.54. The van der Waals surface area contributed by atoms with Gasteiger partial charge in [-0.25, -0.2) is 9.78 Å². The smallest absolute Gasteiger partial charge is 0.433 e. The van der Waals surface area contributed by atoms with Gasteiger partial charge in [0.25, 0.3) is 0 Å². The Labute approximate surface area is 92.4 Å². The first-order chi connectivity index (χ1) is 7.69. The molecule has 0 fully saturated rings. The van der Waals surface area contributed by atoms with E-state index < -0.39 is 6.09 Å². The van der Waals surface area contributed by atoms with Crippen molar-refractivity contribution in [3.63, 3.8) is 0 Å². The Bertz CT molecular complexity index is 383. The van der Waals surface area contributed by atoms with Gasteiger partial charge in [0, 0.05) is 25.9 Å². The van der Waals surface area contributed by atoms with Gasteiger partial charge in [-0.15, -0.1) is 4.91 Å². The highest BCUT2D eigenvalue weighted by atomic mass is 16.6. The molecule has 0 aromatic carbocycles. The van der Waals surface area contributed by atoms with Crippen molar-refractivity contribution >= 4 is 11.9 Å². The maximum absolute atomic E-state index is 11.1. The largest absolute Gasteiger partial charge is 0.443 e. The summed E-state index contributed by atoms with van der Waals surface area (Å²) in [5.41, 5.74) is 0.720. The number of nitrogens with zero attached hydrogens (tertiary/aromatic N) is 3. The summed E-state index contributed by atoms with van der Waals surface area (Å²) in [4.78, 5) is 25.2. The van der Waals surface area contributed by atoms with E-state index in [4.69, 9.17) is 4.74 Å². The molecule has 1 amide bonds. The molecule has 0 saturated heterocycles. The molecule has 0 unspecified atom stereocenters. The number of rotatable bonds is 4. The molecule has 1 aromatic heterocycles. The number of ether oxygens (including phenoxy) is 1. The molecule has 1 rings (SSSR count). The van der Waals surface area contributed by atoms with Gasteiger partial charge in [0.15, 0.2) is 0 Å². The van der Waals surface area contributed by atoms with Crippen LogP contribution >= 0.6 is 0 Å². The first kappa shape index (κ1) is 11.9. The average molecular weight is 224 g/mol. The van der Waals surface area contributed by atoms with Crippen LogP contribution in [0.2, 0.25) is 0 Å². The lowest BCUT2D eigenvalue weighted by Crippen LogP contribution is -2.21. The number of amides is 1. The highest BCUT2D eigenvalue weighted by Gasteiger charge is 2.11. The lowest BCUT2D eigenvalue weighted by atomic mass is 10.3. The van der Waals surface area contributed by atoms with Crippen LogP contribution in [0.1, 0.15) is 5.56 Å². The van der Waals surface area contributed by atoms with Crippen molar-refractivity contribution in [1.82, 2.24) is 9.99 Å². The third kappa shape index (κ3) is 2.91. The minimum Gasteiger partial charge on any atom is -0.443 e. The summed E-state index contributed by atoms with van der Waals surface area (Å²) in [6, 6.07) is 3.49. The summed E-state index contributed by atoms with van der Waals surface area (Å²) in [5.74, 6) is 0.622. The number of hydrogen-bond acceptors (Lipinski definition) is 6. The van der Waals surface area contributed by atoms with E-state index in [0.717, 1.165) is 5.56 Å². The van der Waals surface area contributed by atoms with Crippen LogP contribution in [-0.2, 0) is 11.3 Å². The Morgan fingerprint density at radius 1 is 1.69 bits per heavy atom. The molecule has 7 heteroatoms. The fraction of sp³-hybridized carbons (Fsp3) is 0.333. The summed E-state index contributed by atoms with van der Waals surface area (Å²) in [5, 5.41) is 5.86. The van der Waals surface area contributed by atoms with Gasteiger partial charge in [0.1, 0.15) is 12.4 Å². The Balaban J connectivity index is 2.60. The van der Waals surface area contributed by atoms with Crippen LogP contribution < -0.4 is 5.32 Å². The minimum atomic E-state index is -0.805. The molecule has 0 atom stereocenters. The van der Waals surface area contributed by atoms with E-state index in [-0.39, 0.29) is 6.61 Å². The monoisotopic (exact) mass is 224 g/mol. The number of anilines is 1. The summed E-state index contributed by atoms with van der Waals surface area (Å²) in [6.07, 6.45) is 0.817. The second kappa shape index (κ2) is 5.64. The predicted octanol–water partition coefficient (Wildman–Crippen LogP) is 1.37. The summed E-state index contributed by atoms with van der Waals surface area (Å²) in [6.45, 7) is 0.0305. The molecule has 0 radical (unpaired) electrons. The van der Waals surface area contributed by atoms with E-state index in [1.165, 1.54) is 7.05 Å². The molecule has 0 aliphatic heterocycles. The molecule has 0 aliphatic rings. The van der Waals surface area contributed by atoms with Gasteiger partial charge in [-0.1, -0.05) is 6.07 Å². The summed E-state index contributed by atoms with van der Waals surface area (Å²) in [7, 11) is 2.93. The first-order valence-electron chi connectivity index (χ1n) is 4.54. The Hall–Kier alpha value is -2.18. The van der Waals surface area contributed by atoms with E-state index in [2.05, 4.69) is 15.6 Å². The molecule has 0 bridgehead atoms. The molecule has 1 heterocycles.